The van der Waals surface area contributed by atoms with Crippen LogP contribution in [0.15, 0.2) is 0 Å². The molecule has 3 aliphatic carbocycles. The van der Waals surface area contributed by atoms with Crippen LogP contribution in [0, 0.1) is 0 Å². The van der Waals surface area contributed by atoms with E-state index >= 15 is 0 Å². The lowest BCUT2D eigenvalue weighted by molar-refractivity contribution is 0.291. The van der Waals surface area contributed by atoms with Crippen LogP contribution in [0.3, 0.4) is 0 Å². The largest absolute Gasteiger partial charge is 0.328 e. The Morgan fingerprint density at radius 3 is 1.15 bits per heavy atom. The number of rotatable bonds is 2. The molecule has 2 heteroatoms. The van der Waals surface area contributed by atoms with Crippen molar-refractivity contribution in [1.82, 2.24) is 5.32 Å². The molecule has 20 heavy (non-hydrogen) atoms. The lowest BCUT2D eigenvalue weighted by Crippen LogP contribution is -2.40. The van der Waals surface area contributed by atoms with Crippen LogP contribution in [0.2, 0.25) is 0 Å². The monoisotopic (exact) mass is 280 g/mol. The van der Waals surface area contributed by atoms with Crippen molar-refractivity contribution in [2.75, 3.05) is 0 Å². The minimum absolute atomic E-state index is 0.536. The first-order valence-electron chi connectivity index (χ1n) is 9.36. The third kappa shape index (κ3) is 6.58. The Morgan fingerprint density at radius 2 is 0.850 bits per heavy atom. The van der Waals surface area contributed by atoms with E-state index in [4.69, 9.17) is 5.73 Å². The summed E-state index contributed by atoms with van der Waals surface area (Å²) in [6.07, 6.45) is 21.2. The second kappa shape index (κ2) is 9.78. The van der Waals surface area contributed by atoms with E-state index in [2.05, 4.69) is 5.32 Å². The maximum absolute atomic E-state index is 5.63. The highest BCUT2D eigenvalue weighted by molar-refractivity contribution is 4.79. The molecule has 0 amide bonds. The third-order valence-corrected chi connectivity index (χ3v) is 5.33. The number of nitrogens with two attached hydrogens (primary N) is 1. The third-order valence-electron chi connectivity index (χ3n) is 5.33. The maximum atomic E-state index is 5.63. The van der Waals surface area contributed by atoms with Crippen LogP contribution in [0.25, 0.3) is 0 Å². The van der Waals surface area contributed by atoms with E-state index in [-0.39, 0.29) is 0 Å². The summed E-state index contributed by atoms with van der Waals surface area (Å²) >= 11 is 0. The topological polar surface area (TPSA) is 38.0 Å². The smallest absolute Gasteiger partial charge is 0.00696 e. The second-order valence-electron chi connectivity index (χ2n) is 7.23. The van der Waals surface area contributed by atoms with E-state index in [0.29, 0.717) is 6.04 Å². The van der Waals surface area contributed by atoms with Crippen LogP contribution < -0.4 is 11.1 Å². The molecule has 0 aromatic rings. The van der Waals surface area contributed by atoms with E-state index in [1.54, 1.807) is 0 Å². The highest BCUT2D eigenvalue weighted by Gasteiger charge is 2.19. The standard InChI is InChI=1S/C12H23N.C6H13N/c1-3-7-11(8-4-1)13-12-9-5-2-6-10-12;7-6-4-2-1-3-5-6/h11-13H,1-10H2;6H,1-5,7H2. The van der Waals surface area contributed by atoms with Gasteiger partial charge in [-0.05, 0) is 38.5 Å². The molecule has 3 rings (SSSR count). The molecule has 0 unspecified atom stereocenters. The van der Waals surface area contributed by atoms with Crippen molar-refractivity contribution in [3.05, 3.63) is 0 Å². The predicted octanol–water partition coefficient (Wildman–Crippen LogP) is 4.52. The van der Waals surface area contributed by atoms with Gasteiger partial charge in [0, 0.05) is 18.1 Å². The van der Waals surface area contributed by atoms with Gasteiger partial charge in [0.15, 0.2) is 0 Å². The van der Waals surface area contributed by atoms with Gasteiger partial charge in [-0.25, -0.2) is 0 Å². The van der Waals surface area contributed by atoms with Crippen molar-refractivity contribution in [2.24, 2.45) is 5.73 Å². The predicted molar refractivity (Wildman–Crippen MR) is 87.9 cm³/mol. The Bertz CT molecular complexity index is 208. The summed E-state index contributed by atoms with van der Waals surface area (Å²) in [4.78, 5) is 0. The van der Waals surface area contributed by atoms with E-state index < -0.39 is 0 Å². The molecule has 0 aromatic heterocycles. The molecule has 0 bridgehead atoms. The Hall–Kier alpha value is -0.0800. The van der Waals surface area contributed by atoms with Crippen molar-refractivity contribution in [3.8, 4) is 0 Å². The fourth-order valence-corrected chi connectivity index (χ4v) is 4.01. The van der Waals surface area contributed by atoms with Crippen molar-refractivity contribution < 1.29 is 0 Å². The average Bonchev–Trinajstić information content (AvgIpc) is 2.51. The molecular weight excluding hydrogens is 244 g/mol. The molecule has 3 fully saturated rings. The van der Waals surface area contributed by atoms with Gasteiger partial charge < -0.3 is 11.1 Å². The summed E-state index contributed by atoms with van der Waals surface area (Å²) in [7, 11) is 0. The van der Waals surface area contributed by atoms with Gasteiger partial charge in [-0.2, -0.15) is 0 Å². The molecular formula is C18H36N2. The lowest BCUT2D eigenvalue weighted by Gasteiger charge is -2.30. The number of hydrogen-bond donors (Lipinski definition) is 2. The second-order valence-corrected chi connectivity index (χ2v) is 7.23. The zero-order valence-electron chi connectivity index (χ0n) is 13.4. The fourth-order valence-electron chi connectivity index (χ4n) is 4.01. The molecule has 0 spiro atoms. The van der Waals surface area contributed by atoms with Gasteiger partial charge in [-0.15, -0.1) is 0 Å². The number of hydrogen-bond acceptors (Lipinski definition) is 2. The van der Waals surface area contributed by atoms with Gasteiger partial charge in [0.2, 0.25) is 0 Å². The van der Waals surface area contributed by atoms with Crippen molar-refractivity contribution in [2.45, 2.75) is 114 Å². The molecule has 3 saturated carbocycles. The number of nitrogens with one attached hydrogen (secondary N) is 1. The summed E-state index contributed by atoms with van der Waals surface area (Å²) in [5.41, 5.74) is 5.63. The quantitative estimate of drug-likeness (QED) is 0.780. The maximum Gasteiger partial charge on any atom is 0.00696 e. The molecule has 118 valence electrons. The Balaban J connectivity index is 0.000000178. The highest BCUT2D eigenvalue weighted by Crippen LogP contribution is 2.22. The van der Waals surface area contributed by atoms with Gasteiger partial charge in [-0.1, -0.05) is 57.8 Å². The Kier molecular flexibility index (Phi) is 7.97. The minimum atomic E-state index is 0.536. The van der Waals surface area contributed by atoms with Gasteiger partial charge in [-0.3, -0.25) is 0 Å². The van der Waals surface area contributed by atoms with E-state index in [0.717, 1.165) is 12.1 Å². The minimum Gasteiger partial charge on any atom is -0.328 e. The van der Waals surface area contributed by atoms with Crippen LogP contribution in [0.5, 0.6) is 0 Å². The van der Waals surface area contributed by atoms with E-state index in [1.807, 2.05) is 0 Å². The molecule has 0 atom stereocenters. The van der Waals surface area contributed by atoms with Gasteiger partial charge >= 0.3 is 0 Å². The zero-order valence-corrected chi connectivity index (χ0v) is 13.4. The summed E-state index contributed by atoms with van der Waals surface area (Å²) in [5, 5.41) is 3.86. The van der Waals surface area contributed by atoms with Crippen LogP contribution in [0.4, 0.5) is 0 Å². The average molecular weight is 280 g/mol. The van der Waals surface area contributed by atoms with Crippen molar-refractivity contribution in [1.29, 1.82) is 0 Å². The molecule has 0 saturated heterocycles. The van der Waals surface area contributed by atoms with E-state index in [9.17, 15) is 0 Å². The molecule has 3 aliphatic rings. The highest BCUT2D eigenvalue weighted by atomic mass is 14.9. The van der Waals surface area contributed by atoms with Crippen molar-refractivity contribution in [3.63, 3.8) is 0 Å². The first kappa shape index (κ1) is 16.3. The summed E-state index contributed by atoms with van der Waals surface area (Å²) in [6.45, 7) is 0. The van der Waals surface area contributed by atoms with Crippen LogP contribution in [-0.4, -0.2) is 18.1 Å². The molecule has 2 nitrogen and oxygen atoms in total. The summed E-state index contributed by atoms with van der Waals surface area (Å²) in [5.74, 6) is 0. The first-order valence-corrected chi connectivity index (χ1v) is 9.36. The molecule has 0 heterocycles. The van der Waals surface area contributed by atoms with Crippen LogP contribution in [0.1, 0.15) is 96.3 Å². The van der Waals surface area contributed by atoms with Crippen molar-refractivity contribution >= 4 is 0 Å². The molecule has 3 N–H and O–H groups in total. The van der Waals surface area contributed by atoms with Crippen LogP contribution in [-0.2, 0) is 0 Å². The van der Waals surface area contributed by atoms with Gasteiger partial charge in [0.1, 0.15) is 0 Å². The normalized spacial score (nSPS) is 26.9. The SMILES string of the molecule is C1CCC(NC2CCCCC2)CC1.NC1CCCCC1. The summed E-state index contributed by atoms with van der Waals surface area (Å²) in [6, 6.07) is 2.28. The molecule has 0 radical (unpaired) electrons. The summed E-state index contributed by atoms with van der Waals surface area (Å²) < 4.78 is 0. The van der Waals surface area contributed by atoms with Gasteiger partial charge in [0.25, 0.3) is 0 Å². The molecule has 0 aliphatic heterocycles. The van der Waals surface area contributed by atoms with Gasteiger partial charge in [0.05, 0.1) is 0 Å². The Morgan fingerprint density at radius 1 is 0.500 bits per heavy atom. The van der Waals surface area contributed by atoms with E-state index in [1.165, 1.54) is 96.3 Å². The molecule has 0 aromatic carbocycles. The zero-order chi connectivity index (χ0) is 14.0. The van der Waals surface area contributed by atoms with Crippen LogP contribution >= 0.6 is 0 Å². The fraction of sp³-hybridized carbons (Fsp3) is 1.00. The lowest BCUT2D eigenvalue weighted by atomic mass is 9.91. The Labute approximate surface area is 126 Å². The first-order chi connectivity index (χ1) is 9.84.